The summed E-state index contributed by atoms with van der Waals surface area (Å²) < 4.78 is 0. The van der Waals surface area contributed by atoms with E-state index in [1.54, 1.807) is 6.20 Å². The smallest absolute Gasteiger partial charge is 0.166 e. The first kappa shape index (κ1) is 6.81. The molecule has 0 saturated heterocycles. The van der Waals surface area contributed by atoms with Gasteiger partial charge in [-0.15, -0.1) is 0 Å². The number of allylic oxidation sites excluding steroid dienone is 1. The maximum atomic E-state index is 10.3. The Hall–Kier alpha value is -1.31. The molecule has 0 bridgehead atoms. The zero-order chi connectivity index (χ0) is 7.56. The molecule has 0 aliphatic rings. The number of rotatable bonds is 2. The number of carbonyl (C=O) groups excluding carboxylic acids is 1. The SMILES string of the molecule is C=C(C)c1cc[nH]c1C=O. The molecule has 0 aliphatic carbocycles. The molecule has 0 fully saturated rings. The summed E-state index contributed by atoms with van der Waals surface area (Å²) in [4.78, 5) is 13.1. The van der Waals surface area contributed by atoms with Crippen LogP contribution in [0.3, 0.4) is 0 Å². The molecule has 2 heteroatoms. The van der Waals surface area contributed by atoms with Crippen LogP contribution in [0, 0.1) is 0 Å². The van der Waals surface area contributed by atoms with Gasteiger partial charge in [0.1, 0.15) is 0 Å². The second-order valence-corrected chi connectivity index (χ2v) is 2.20. The minimum Gasteiger partial charge on any atom is -0.359 e. The molecule has 0 spiro atoms. The zero-order valence-electron chi connectivity index (χ0n) is 5.85. The van der Waals surface area contributed by atoms with Crippen LogP contribution in [0.5, 0.6) is 0 Å². The standard InChI is InChI=1S/C8H9NO/c1-6(2)7-3-4-9-8(7)5-10/h3-5,9H,1H2,2H3. The summed E-state index contributed by atoms with van der Waals surface area (Å²) in [7, 11) is 0. The normalized spacial score (nSPS) is 9.30. The predicted molar refractivity (Wildman–Crippen MR) is 40.9 cm³/mol. The highest BCUT2D eigenvalue weighted by atomic mass is 16.1. The molecule has 1 aromatic heterocycles. The van der Waals surface area contributed by atoms with Crippen molar-refractivity contribution in [2.75, 3.05) is 0 Å². The van der Waals surface area contributed by atoms with Crippen molar-refractivity contribution in [3.8, 4) is 0 Å². The second kappa shape index (κ2) is 2.52. The summed E-state index contributed by atoms with van der Waals surface area (Å²) in [5, 5.41) is 0. The van der Waals surface area contributed by atoms with E-state index >= 15 is 0 Å². The van der Waals surface area contributed by atoms with Gasteiger partial charge in [0.15, 0.2) is 6.29 Å². The summed E-state index contributed by atoms with van der Waals surface area (Å²) in [6, 6.07) is 1.84. The molecule has 0 atom stereocenters. The number of aldehydes is 1. The Labute approximate surface area is 59.6 Å². The van der Waals surface area contributed by atoms with Gasteiger partial charge >= 0.3 is 0 Å². The third-order valence-electron chi connectivity index (χ3n) is 1.36. The van der Waals surface area contributed by atoms with Gasteiger partial charge in [0.05, 0.1) is 5.69 Å². The van der Waals surface area contributed by atoms with Crippen molar-refractivity contribution in [2.24, 2.45) is 0 Å². The summed E-state index contributed by atoms with van der Waals surface area (Å²) >= 11 is 0. The van der Waals surface area contributed by atoms with Crippen LogP contribution in [-0.2, 0) is 0 Å². The van der Waals surface area contributed by atoms with Gasteiger partial charge in [-0.2, -0.15) is 0 Å². The maximum Gasteiger partial charge on any atom is 0.166 e. The first-order chi connectivity index (χ1) is 4.75. The molecule has 1 aromatic rings. The van der Waals surface area contributed by atoms with E-state index in [1.807, 2.05) is 13.0 Å². The van der Waals surface area contributed by atoms with Crippen molar-refractivity contribution in [1.82, 2.24) is 4.98 Å². The second-order valence-electron chi connectivity index (χ2n) is 2.20. The van der Waals surface area contributed by atoms with E-state index in [-0.39, 0.29) is 0 Å². The van der Waals surface area contributed by atoms with Gasteiger partial charge < -0.3 is 4.98 Å². The summed E-state index contributed by atoms with van der Waals surface area (Å²) in [6.45, 7) is 5.60. The van der Waals surface area contributed by atoms with Crippen LogP contribution >= 0.6 is 0 Å². The largest absolute Gasteiger partial charge is 0.359 e. The van der Waals surface area contributed by atoms with Crippen LogP contribution in [0.2, 0.25) is 0 Å². The number of H-pyrrole nitrogens is 1. The predicted octanol–water partition coefficient (Wildman–Crippen LogP) is 1.86. The number of aromatic amines is 1. The van der Waals surface area contributed by atoms with Gasteiger partial charge in [0.25, 0.3) is 0 Å². The molecule has 0 unspecified atom stereocenters. The zero-order valence-corrected chi connectivity index (χ0v) is 5.85. The van der Waals surface area contributed by atoms with Crippen LogP contribution in [0.1, 0.15) is 23.0 Å². The minimum absolute atomic E-state index is 0.604. The Balaban J connectivity index is 3.13. The van der Waals surface area contributed by atoms with Crippen molar-refractivity contribution in [2.45, 2.75) is 6.92 Å². The average Bonchev–Trinajstić information content (AvgIpc) is 2.33. The molecular formula is C8H9NO. The van der Waals surface area contributed by atoms with Crippen molar-refractivity contribution in [1.29, 1.82) is 0 Å². The third kappa shape index (κ3) is 1.00. The molecule has 0 amide bonds. The van der Waals surface area contributed by atoms with Crippen molar-refractivity contribution < 1.29 is 4.79 Å². The fourth-order valence-corrected chi connectivity index (χ4v) is 0.852. The lowest BCUT2D eigenvalue weighted by molar-refractivity contribution is 0.111. The molecule has 0 radical (unpaired) electrons. The molecular weight excluding hydrogens is 126 g/mol. The maximum absolute atomic E-state index is 10.3. The summed E-state index contributed by atoms with van der Waals surface area (Å²) in [6.07, 6.45) is 2.53. The molecule has 1 rings (SSSR count). The fraction of sp³-hybridized carbons (Fsp3) is 0.125. The highest BCUT2D eigenvalue weighted by Gasteiger charge is 2.00. The minimum atomic E-state index is 0.604. The molecule has 0 saturated carbocycles. The highest BCUT2D eigenvalue weighted by Crippen LogP contribution is 2.13. The third-order valence-corrected chi connectivity index (χ3v) is 1.36. The first-order valence-corrected chi connectivity index (χ1v) is 3.04. The van der Waals surface area contributed by atoms with Crippen molar-refractivity contribution in [3.05, 3.63) is 30.1 Å². The number of carbonyl (C=O) groups is 1. The molecule has 2 nitrogen and oxygen atoms in total. The molecule has 52 valence electrons. The Morgan fingerprint density at radius 2 is 2.50 bits per heavy atom. The fourth-order valence-electron chi connectivity index (χ4n) is 0.852. The van der Waals surface area contributed by atoms with E-state index in [4.69, 9.17) is 0 Å². The van der Waals surface area contributed by atoms with Gasteiger partial charge in [-0.1, -0.05) is 6.58 Å². The van der Waals surface area contributed by atoms with Crippen LogP contribution in [0.15, 0.2) is 18.8 Å². The van der Waals surface area contributed by atoms with E-state index in [1.165, 1.54) is 0 Å². The van der Waals surface area contributed by atoms with Crippen molar-refractivity contribution >= 4 is 11.9 Å². The molecule has 0 aliphatic heterocycles. The lowest BCUT2D eigenvalue weighted by atomic mass is 10.1. The molecule has 0 aromatic carbocycles. The number of hydrogen-bond donors (Lipinski definition) is 1. The number of hydrogen-bond acceptors (Lipinski definition) is 1. The Morgan fingerprint density at radius 3 is 2.90 bits per heavy atom. The van der Waals surface area contributed by atoms with Crippen molar-refractivity contribution in [3.63, 3.8) is 0 Å². The lowest BCUT2D eigenvalue weighted by Crippen LogP contribution is -1.83. The Kier molecular flexibility index (Phi) is 1.71. The topological polar surface area (TPSA) is 32.9 Å². The van der Waals surface area contributed by atoms with Gasteiger partial charge in [-0.25, -0.2) is 0 Å². The van der Waals surface area contributed by atoms with E-state index < -0.39 is 0 Å². The van der Waals surface area contributed by atoms with Gasteiger partial charge in [-0.05, 0) is 18.6 Å². The quantitative estimate of drug-likeness (QED) is 0.617. The summed E-state index contributed by atoms with van der Waals surface area (Å²) in [5.41, 5.74) is 2.41. The van der Waals surface area contributed by atoms with Crippen LogP contribution < -0.4 is 0 Å². The Morgan fingerprint density at radius 1 is 1.80 bits per heavy atom. The van der Waals surface area contributed by atoms with E-state index in [0.717, 1.165) is 17.4 Å². The molecule has 1 N–H and O–H groups in total. The highest BCUT2D eigenvalue weighted by molar-refractivity contribution is 5.82. The van der Waals surface area contributed by atoms with Gasteiger partial charge in [0, 0.05) is 11.8 Å². The number of aromatic nitrogens is 1. The van der Waals surface area contributed by atoms with Gasteiger partial charge in [-0.3, -0.25) is 4.79 Å². The van der Waals surface area contributed by atoms with Gasteiger partial charge in [0.2, 0.25) is 0 Å². The number of nitrogens with one attached hydrogen (secondary N) is 1. The average molecular weight is 135 g/mol. The lowest BCUT2D eigenvalue weighted by Gasteiger charge is -1.93. The van der Waals surface area contributed by atoms with Crippen LogP contribution in [0.4, 0.5) is 0 Å². The van der Waals surface area contributed by atoms with Crippen LogP contribution in [-0.4, -0.2) is 11.3 Å². The van der Waals surface area contributed by atoms with E-state index in [9.17, 15) is 4.79 Å². The first-order valence-electron chi connectivity index (χ1n) is 3.04. The van der Waals surface area contributed by atoms with E-state index in [2.05, 4.69) is 11.6 Å². The summed E-state index contributed by atoms with van der Waals surface area (Å²) in [5.74, 6) is 0. The molecule has 1 heterocycles. The monoisotopic (exact) mass is 135 g/mol. The van der Waals surface area contributed by atoms with E-state index in [0.29, 0.717) is 5.69 Å². The molecule has 10 heavy (non-hydrogen) atoms. The van der Waals surface area contributed by atoms with Crippen LogP contribution in [0.25, 0.3) is 5.57 Å². The Bertz CT molecular complexity index is 260.